The topological polar surface area (TPSA) is 312 Å². The smallest absolute Gasteiger partial charge is 0.331 e. The Morgan fingerprint density at radius 2 is 1.37 bits per heavy atom. The van der Waals surface area contributed by atoms with E-state index in [-0.39, 0.29) is 24.3 Å². The molecule has 0 saturated carbocycles. The van der Waals surface area contributed by atoms with E-state index in [1.165, 1.54) is 56.3 Å². The van der Waals surface area contributed by atoms with E-state index in [1.54, 1.807) is 12.1 Å². The quantitative estimate of drug-likeness (QED) is 0.0603. The van der Waals surface area contributed by atoms with Gasteiger partial charge in [-0.2, -0.15) is 0 Å². The van der Waals surface area contributed by atoms with Crippen LogP contribution in [0.25, 0.3) is 6.08 Å². The summed E-state index contributed by atoms with van der Waals surface area (Å²) in [6.07, 6.45) is -20.0. The first-order chi connectivity index (χ1) is 28.5. The van der Waals surface area contributed by atoms with Gasteiger partial charge in [0.2, 0.25) is 6.29 Å². The van der Waals surface area contributed by atoms with Gasteiger partial charge >= 0.3 is 5.97 Å². The molecule has 3 heterocycles. The minimum Gasteiger partial charge on any atom is -0.508 e. The Balaban J connectivity index is 1.21. The first-order valence-electron chi connectivity index (χ1n) is 19.0. The third-order valence-corrected chi connectivity index (χ3v) is 10.6. The highest BCUT2D eigenvalue weighted by molar-refractivity contribution is 6.02. The van der Waals surface area contributed by atoms with E-state index in [0.29, 0.717) is 11.1 Å². The van der Waals surface area contributed by atoms with Crippen LogP contribution in [0, 0.1) is 0 Å². The zero-order valence-corrected chi connectivity index (χ0v) is 32.2. The normalized spacial score (nSPS) is 33.1. The molecule has 0 aliphatic carbocycles. The van der Waals surface area contributed by atoms with Crippen LogP contribution in [0.1, 0.15) is 53.4 Å². The number of phenolic OH excluding ortho intramolecular Hbond substituents is 4. The number of ketones is 1. The summed E-state index contributed by atoms with van der Waals surface area (Å²) in [6.45, 7) is 2.11. The molecule has 3 aliphatic rings. The van der Waals surface area contributed by atoms with Crippen molar-refractivity contribution in [1.29, 1.82) is 0 Å². The van der Waals surface area contributed by atoms with Gasteiger partial charge in [0.15, 0.2) is 18.2 Å². The molecule has 3 aliphatic heterocycles. The van der Waals surface area contributed by atoms with Crippen molar-refractivity contribution in [3.63, 3.8) is 0 Å². The second-order valence-electron chi connectivity index (χ2n) is 14.8. The van der Waals surface area contributed by atoms with Gasteiger partial charge in [0.05, 0.1) is 24.4 Å². The van der Waals surface area contributed by atoms with Crippen molar-refractivity contribution < 1.29 is 94.2 Å². The molecule has 0 bridgehead atoms. The van der Waals surface area contributed by atoms with Crippen LogP contribution in [0.2, 0.25) is 0 Å². The Kier molecular flexibility index (Phi) is 14.0. The summed E-state index contributed by atoms with van der Waals surface area (Å²) in [5, 5.41) is 117. The van der Waals surface area contributed by atoms with E-state index in [1.807, 2.05) is 0 Å². The molecule has 3 saturated heterocycles. The molecular weight excluding hydrogens is 796 g/mol. The van der Waals surface area contributed by atoms with Gasteiger partial charge in [-0.1, -0.05) is 24.3 Å². The van der Waals surface area contributed by atoms with Crippen molar-refractivity contribution in [1.82, 2.24) is 0 Å². The van der Waals surface area contributed by atoms with Crippen molar-refractivity contribution in [2.45, 2.75) is 113 Å². The maximum atomic E-state index is 13.8. The number of aromatic hydroxyl groups is 4. The Morgan fingerprint density at radius 3 is 2.00 bits per heavy atom. The van der Waals surface area contributed by atoms with Gasteiger partial charge in [-0.15, -0.1) is 0 Å². The Labute approximate surface area is 342 Å². The number of aliphatic hydroxyl groups excluding tert-OH is 7. The summed E-state index contributed by atoms with van der Waals surface area (Å²) >= 11 is 0. The lowest BCUT2D eigenvalue weighted by Crippen LogP contribution is -2.62. The van der Waals surface area contributed by atoms with Crippen LogP contribution in [0.5, 0.6) is 28.7 Å². The molecule has 14 atom stereocenters. The molecule has 3 fully saturated rings. The minimum atomic E-state index is -2.00. The fourth-order valence-electron chi connectivity index (χ4n) is 7.22. The number of hydrogen-bond acceptors (Lipinski definition) is 19. The molecule has 14 unspecified atom stereocenters. The lowest BCUT2D eigenvalue weighted by atomic mass is 9.88. The summed E-state index contributed by atoms with van der Waals surface area (Å²) in [5.74, 6) is -3.95. The molecular formula is C41H48O19. The third-order valence-electron chi connectivity index (χ3n) is 10.6. The Bertz CT molecular complexity index is 1990. The van der Waals surface area contributed by atoms with Crippen LogP contribution in [-0.2, 0) is 34.9 Å². The molecule has 19 heteroatoms. The molecule has 11 N–H and O–H groups in total. The van der Waals surface area contributed by atoms with Gasteiger partial charge in [-0.05, 0) is 61.7 Å². The molecule has 0 radical (unpaired) electrons. The number of benzene rings is 3. The molecule has 3 aromatic carbocycles. The van der Waals surface area contributed by atoms with Crippen LogP contribution in [0.3, 0.4) is 0 Å². The zero-order chi connectivity index (χ0) is 43.6. The predicted molar refractivity (Wildman–Crippen MR) is 202 cm³/mol. The van der Waals surface area contributed by atoms with E-state index >= 15 is 0 Å². The van der Waals surface area contributed by atoms with Gasteiger partial charge < -0.3 is 84.6 Å². The number of Topliss-reactive ketones (excluding diaryl/α,β-unsaturated/α-hetero) is 1. The molecule has 6 rings (SSSR count). The maximum Gasteiger partial charge on any atom is 0.331 e. The number of esters is 1. The number of hydrogen-bond donors (Lipinski definition) is 11. The number of ether oxygens (including phenoxy) is 6. The molecule has 0 spiro atoms. The maximum absolute atomic E-state index is 13.8. The summed E-state index contributed by atoms with van der Waals surface area (Å²) in [6, 6.07) is 12.7. The van der Waals surface area contributed by atoms with Crippen LogP contribution in [0.15, 0.2) is 60.7 Å². The highest BCUT2D eigenvalue weighted by Crippen LogP contribution is 2.48. The standard InChI is InChI=1S/C41H48O19/c1-17-30(48)39(59-27(47)14-8-20-5-11-22(44)12-6-20)36(54)41(56-17)60-37-18(2)55-38(34(52)33(37)51)29-24(46)15-25(57-40-35(53)31(49)26(16-42)58-40)28(32(29)50)23(45)13-7-19-3-9-21(43)10-4-19/h3-6,8-12,14-15,17-18,26,30-31,33-44,46,48-54H,7,13,16H2,1-2H3/b14-8+. The van der Waals surface area contributed by atoms with Crippen LogP contribution < -0.4 is 4.74 Å². The second kappa shape index (κ2) is 18.8. The molecule has 19 nitrogen and oxygen atoms in total. The van der Waals surface area contributed by atoms with E-state index in [2.05, 4.69) is 0 Å². The predicted octanol–water partition coefficient (Wildman–Crippen LogP) is -0.199. The molecule has 60 heavy (non-hydrogen) atoms. The Hall–Kier alpha value is -4.90. The highest BCUT2D eigenvalue weighted by Gasteiger charge is 2.52. The van der Waals surface area contributed by atoms with Gasteiger partial charge in [0.1, 0.15) is 89.2 Å². The zero-order valence-electron chi connectivity index (χ0n) is 32.2. The van der Waals surface area contributed by atoms with E-state index < -0.39 is 133 Å². The average Bonchev–Trinajstić information content (AvgIpc) is 3.48. The first-order valence-corrected chi connectivity index (χ1v) is 19.0. The minimum absolute atomic E-state index is 0.00685. The first kappa shape index (κ1) is 44.6. The summed E-state index contributed by atoms with van der Waals surface area (Å²) < 4.78 is 33.9. The molecule has 0 aromatic heterocycles. The lowest BCUT2D eigenvalue weighted by molar-refractivity contribution is -0.335. The van der Waals surface area contributed by atoms with Crippen molar-refractivity contribution in [2.24, 2.45) is 0 Å². The largest absolute Gasteiger partial charge is 0.508 e. The van der Waals surface area contributed by atoms with E-state index in [4.69, 9.17) is 28.4 Å². The number of aliphatic hydroxyl groups is 7. The van der Waals surface area contributed by atoms with Crippen molar-refractivity contribution in [3.8, 4) is 28.7 Å². The lowest BCUT2D eigenvalue weighted by Gasteiger charge is -2.46. The summed E-state index contributed by atoms with van der Waals surface area (Å²) in [5.41, 5.74) is 0.0642. The van der Waals surface area contributed by atoms with Crippen molar-refractivity contribution in [2.75, 3.05) is 6.61 Å². The third kappa shape index (κ3) is 9.51. The second-order valence-corrected chi connectivity index (χ2v) is 14.8. The molecule has 0 amide bonds. The van der Waals surface area contributed by atoms with Gasteiger partial charge in [0.25, 0.3) is 0 Å². The van der Waals surface area contributed by atoms with Crippen molar-refractivity contribution >= 4 is 17.8 Å². The van der Waals surface area contributed by atoms with Gasteiger partial charge in [0, 0.05) is 18.6 Å². The fourth-order valence-corrected chi connectivity index (χ4v) is 7.22. The van der Waals surface area contributed by atoms with Gasteiger partial charge in [-0.25, -0.2) is 4.79 Å². The molecule has 3 aromatic rings. The van der Waals surface area contributed by atoms with Crippen LogP contribution >= 0.6 is 0 Å². The van der Waals surface area contributed by atoms with E-state index in [0.717, 1.165) is 12.1 Å². The summed E-state index contributed by atoms with van der Waals surface area (Å²) in [7, 11) is 0. The number of carbonyl (C=O) groups is 2. The number of aryl methyl sites for hydroxylation is 1. The van der Waals surface area contributed by atoms with Crippen LogP contribution in [0.4, 0.5) is 0 Å². The number of phenols is 4. The number of carbonyl (C=O) groups excluding carboxylic acids is 2. The van der Waals surface area contributed by atoms with Crippen LogP contribution in [-0.4, -0.2) is 154 Å². The Morgan fingerprint density at radius 1 is 0.717 bits per heavy atom. The number of rotatable bonds is 13. The molecule has 326 valence electrons. The average molecular weight is 845 g/mol. The van der Waals surface area contributed by atoms with Crippen molar-refractivity contribution in [3.05, 3.63) is 82.9 Å². The van der Waals surface area contributed by atoms with Gasteiger partial charge in [-0.3, -0.25) is 4.79 Å². The van der Waals surface area contributed by atoms with E-state index in [9.17, 15) is 65.8 Å². The summed E-state index contributed by atoms with van der Waals surface area (Å²) in [4.78, 5) is 26.5. The monoisotopic (exact) mass is 844 g/mol. The SMILES string of the molecule is CC1OC(OC2C(C)OC(c3c(O)cc(OC4OC(CO)C(O)C4O)c(C(=O)CCc4ccc(O)cc4)c3O)C(O)C2O)C(O)C(OC(=O)/C=C/c2ccc(O)cc2)C1O. The fraction of sp³-hybridized carbons (Fsp3) is 0.463. The highest BCUT2D eigenvalue weighted by atomic mass is 16.7.